The van der Waals surface area contributed by atoms with Gasteiger partial charge in [0.05, 0.1) is 0 Å². The molecule has 0 aliphatic heterocycles. The van der Waals surface area contributed by atoms with Crippen LogP contribution in [0, 0.1) is 10.5 Å². The molecule has 0 unspecified atom stereocenters. The Labute approximate surface area is 98.2 Å². The van der Waals surface area contributed by atoms with Gasteiger partial charge < -0.3 is 9.84 Å². The molecule has 82 valence electrons. The molecule has 0 saturated carbocycles. The summed E-state index contributed by atoms with van der Waals surface area (Å²) in [4.78, 5) is 10.1. The highest BCUT2D eigenvalue weighted by atomic mass is 127. The second kappa shape index (κ2) is 4.30. The Balaban J connectivity index is 2.91. The van der Waals surface area contributed by atoms with Crippen molar-refractivity contribution in [2.45, 2.75) is 13.0 Å². The average molecular weight is 328 g/mol. The number of carboxylic acids is 1. The van der Waals surface area contributed by atoms with Gasteiger partial charge in [-0.25, -0.2) is 4.79 Å². The van der Waals surface area contributed by atoms with E-state index in [-0.39, 0.29) is 5.75 Å². The normalized spacial score (nSPS) is 11.2. The zero-order valence-electron chi connectivity index (χ0n) is 7.63. The highest BCUT2D eigenvalue weighted by Gasteiger charge is 2.42. The summed E-state index contributed by atoms with van der Waals surface area (Å²) in [6.07, 6.45) is -4.20. The fraction of sp³-hybridized carbons (Fsp3) is 0.222. The van der Waals surface area contributed by atoms with E-state index in [1.54, 1.807) is 13.0 Å². The van der Waals surface area contributed by atoms with Gasteiger partial charge in [0.1, 0.15) is 5.75 Å². The summed E-state index contributed by atoms with van der Waals surface area (Å²) in [6.45, 7) is 1.72. The molecule has 0 spiro atoms. The summed E-state index contributed by atoms with van der Waals surface area (Å²) in [5.74, 6) is -2.47. The van der Waals surface area contributed by atoms with E-state index in [0.29, 0.717) is 0 Å². The maximum absolute atomic E-state index is 12.6. The van der Waals surface area contributed by atoms with Crippen molar-refractivity contribution in [3.8, 4) is 5.75 Å². The largest absolute Gasteiger partial charge is 0.501 e. The molecular weight excluding hydrogens is 321 g/mol. The molecule has 0 aliphatic carbocycles. The molecule has 0 aliphatic rings. The molecule has 0 bridgehead atoms. The molecule has 3 nitrogen and oxygen atoms in total. The van der Waals surface area contributed by atoms with Crippen LogP contribution in [0.3, 0.4) is 0 Å². The highest BCUT2D eigenvalue weighted by molar-refractivity contribution is 14.1. The molecule has 6 heteroatoms. The van der Waals surface area contributed by atoms with Crippen molar-refractivity contribution in [2.75, 3.05) is 0 Å². The number of halogens is 3. The van der Waals surface area contributed by atoms with Gasteiger partial charge in [-0.2, -0.15) is 8.78 Å². The van der Waals surface area contributed by atoms with Crippen LogP contribution in [-0.2, 0) is 4.79 Å². The lowest BCUT2D eigenvalue weighted by Gasteiger charge is -2.13. The zero-order chi connectivity index (χ0) is 11.6. The van der Waals surface area contributed by atoms with Crippen LogP contribution in [0.4, 0.5) is 8.78 Å². The van der Waals surface area contributed by atoms with E-state index in [9.17, 15) is 13.6 Å². The summed E-state index contributed by atoms with van der Waals surface area (Å²) in [6, 6.07) is 4.23. The molecule has 0 aromatic heterocycles. The standard InChI is InChI=1S/C9H7F2IO3/c1-5-4-6(2-3-7(5)12)15-9(10,11)8(13)14/h2-4H,1H3,(H,13,14). The minimum atomic E-state index is -4.20. The fourth-order valence-electron chi connectivity index (χ4n) is 0.872. The molecular formula is C9H7F2IO3. The van der Waals surface area contributed by atoms with Gasteiger partial charge in [-0.1, -0.05) is 0 Å². The number of carbonyl (C=O) groups is 1. The quantitative estimate of drug-likeness (QED) is 0.868. The number of aryl methyl sites for hydroxylation is 1. The maximum atomic E-state index is 12.6. The topological polar surface area (TPSA) is 46.5 Å². The first kappa shape index (κ1) is 12.2. The number of aliphatic carboxylic acids is 1. The predicted octanol–water partition coefficient (Wildman–Crippen LogP) is 2.66. The molecule has 1 aromatic rings. The fourth-order valence-corrected chi connectivity index (χ4v) is 1.21. The van der Waals surface area contributed by atoms with Gasteiger partial charge >= 0.3 is 12.1 Å². The van der Waals surface area contributed by atoms with Crippen molar-refractivity contribution in [3.05, 3.63) is 27.3 Å². The molecule has 0 fully saturated rings. The predicted molar refractivity (Wildman–Crippen MR) is 57.1 cm³/mol. The number of benzene rings is 1. The molecule has 0 radical (unpaired) electrons. The molecule has 1 aromatic carbocycles. The van der Waals surface area contributed by atoms with Crippen LogP contribution in [-0.4, -0.2) is 17.2 Å². The average Bonchev–Trinajstić information content (AvgIpc) is 2.10. The molecule has 0 amide bonds. The Hall–Kier alpha value is -0.920. The second-order valence-corrected chi connectivity index (χ2v) is 4.00. The molecule has 15 heavy (non-hydrogen) atoms. The van der Waals surface area contributed by atoms with Crippen LogP contribution in [0.25, 0.3) is 0 Å². The highest BCUT2D eigenvalue weighted by Crippen LogP contribution is 2.24. The summed E-state index contributed by atoms with van der Waals surface area (Å²) in [5, 5.41) is 8.15. The van der Waals surface area contributed by atoms with E-state index in [4.69, 9.17) is 5.11 Å². The summed E-state index contributed by atoms with van der Waals surface area (Å²) in [7, 11) is 0. The van der Waals surface area contributed by atoms with Gasteiger partial charge in [-0.05, 0) is 53.3 Å². The summed E-state index contributed by atoms with van der Waals surface area (Å²) < 4.78 is 30.2. The molecule has 1 N–H and O–H groups in total. The van der Waals surface area contributed by atoms with Crippen molar-refractivity contribution in [3.63, 3.8) is 0 Å². The van der Waals surface area contributed by atoms with Gasteiger partial charge in [0.15, 0.2) is 0 Å². The number of carboxylic acid groups (broad SMARTS) is 1. The van der Waals surface area contributed by atoms with Gasteiger partial charge in [-0.15, -0.1) is 0 Å². The van der Waals surface area contributed by atoms with Crippen LogP contribution in [0.15, 0.2) is 18.2 Å². The Morgan fingerprint density at radius 1 is 1.53 bits per heavy atom. The SMILES string of the molecule is Cc1cc(OC(F)(F)C(=O)O)ccc1I. The number of alkyl halides is 2. The Morgan fingerprint density at radius 2 is 2.13 bits per heavy atom. The monoisotopic (exact) mass is 328 g/mol. The lowest BCUT2D eigenvalue weighted by Crippen LogP contribution is -2.34. The summed E-state index contributed by atoms with van der Waals surface area (Å²) >= 11 is 2.03. The first-order chi connectivity index (χ1) is 6.83. The first-order valence-electron chi connectivity index (χ1n) is 3.89. The minimum Gasteiger partial charge on any atom is -0.474 e. The smallest absolute Gasteiger partial charge is 0.474 e. The third-order valence-corrected chi connectivity index (χ3v) is 2.83. The van der Waals surface area contributed by atoms with Gasteiger partial charge in [0.25, 0.3) is 0 Å². The van der Waals surface area contributed by atoms with Gasteiger partial charge in [0.2, 0.25) is 0 Å². The van der Waals surface area contributed by atoms with Crippen molar-refractivity contribution in [2.24, 2.45) is 0 Å². The van der Waals surface area contributed by atoms with Gasteiger partial charge in [-0.3, -0.25) is 0 Å². The molecule has 0 saturated heterocycles. The van der Waals surface area contributed by atoms with E-state index >= 15 is 0 Å². The third-order valence-electron chi connectivity index (χ3n) is 1.62. The molecule has 0 heterocycles. The van der Waals surface area contributed by atoms with E-state index < -0.39 is 12.1 Å². The lowest BCUT2D eigenvalue weighted by molar-refractivity contribution is -0.210. The number of ether oxygens (including phenoxy) is 1. The zero-order valence-corrected chi connectivity index (χ0v) is 9.79. The van der Waals surface area contributed by atoms with Crippen molar-refractivity contribution < 1.29 is 23.4 Å². The Bertz CT molecular complexity index is 393. The van der Waals surface area contributed by atoms with Crippen molar-refractivity contribution in [1.82, 2.24) is 0 Å². The second-order valence-electron chi connectivity index (χ2n) is 2.83. The van der Waals surface area contributed by atoms with Crippen molar-refractivity contribution >= 4 is 28.6 Å². The first-order valence-corrected chi connectivity index (χ1v) is 4.97. The van der Waals surface area contributed by atoms with E-state index in [1.807, 2.05) is 22.6 Å². The van der Waals surface area contributed by atoms with Crippen LogP contribution in [0.2, 0.25) is 0 Å². The van der Waals surface area contributed by atoms with E-state index in [1.165, 1.54) is 12.1 Å². The molecule has 0 atom stereocenters. The van der Waals surface area contributed by atoms with Crippen LogP contribution < -0.4 is 4.74 Å². The maximum Gasteiger partial charge on any atom is 0.501 e. The Morgan fingerprint density at radius 3 is 2.60 bits per heavy atom. The molecule has 1 rings (SSSR count). The van der Waals surface area contributed by atoms with E-state index in [2.05, 4.69) is 4.74 Å². The van der Waals surface area contributed by atoms with Crippen LogP contribution in [0.5, 0.6) is 5.75 Å². The number of hydrogen-bond acceptors (Lipinski definition) is 2. The summed E-state index contributed by atoms with van der Waals surface area (Å²) in [5.41, 5.74) is 0.745. The third kappa shape index (κ3) is 3.01. The van der Waals surface area contributed by atoms with Crippen LogP contribution in [0.1, 0.15) is 5.56 Å². The number of hydrogen-bond donors (Lipinski definition) is 1. The number of rotatable bonds is 3. The van der Waals surface area contributed by atoms with Crippen LogP contribution >= 0.6 is 22.6 Å². The lowest BCUT2D eigenvalue weighted by atomic mass is 10.2. The van der Waals surface area contributed by atoms with E-state index in [0.717, 1.165) is 9.13 Å². The minimum absolute atomic E-state index is 0.166. The Kier molecular flexibility index (Phi) is 3.48. The van der Waals surface area contributed by atoms with Crippen molar-refractivity contribution in [1.29, 1.82) is 0 Å². The van der Waals surface area contributed by atoms with Gasteiger partial charge in [0, 0.05) is 3.57 Å².